The summed E-state index contributed by atoms with van der Waals surface area (Å²) in [6, 6.07) is 6.49. The number of carbonyl (C=O) groups excluding carboxylic acids is 2. The van der Waals surface area contributed by atoms with Gasteiger partial charge in [0.25, 0.3) is 5.91 Å². The van der Waals surface area contributed by atoms with Crippen molar-refractivity contribution < 1.29 is 19.1 Å². The average Bonchev–Trinajstić information content (AvgIpc) is 2.38. The predicted molar refractivity (Wildman–Crippen MR) is 65.5 cm³/mol. The zero-order valence-electron chi connectivity index (χ0n) is 10.4. The summed E-state index contributed by atoms with van der Waals surface area (Å²) in [6.07, 6.45) is 0. The van der Waals surface area contributed by atoms with Crippen LogP contribution in [0.4, 0.5) is 5.69 Å². The number of hydrogen-bond acceptors (Lipinski definition) is 4. The first kappa shape index (κ1) is 12.4. The molecule has 0 saturated heterocycles. The molecular formula is C13H15NO4. The maximum absolute atomic E-state index is 11.9. The molecule has 18 heavy (non-hydrogen) atoms. The van der Waals surface area contributed by atoms with E-state index >= 15 is 0 Å². The number of ether oxygens (including phenoxy) is 2. The first-order chi connectivity index (χ1) is 8.65. The van der Waals surface area contributed by atoms with Crippen molar-refractivity contribution in [3.8, 4) is 5.75 Å². The molecule has 0 aromatic heterocycles. The van der Waals surface area contributed by atoms with Crippen molar-refractivity contribution in [3.05, 3.63) is 24.3 Å². The normalized spacial score (nSPS) is 15.7. The topological polar surface area (TPSA) is 55.8 Å². The molecule has 0 spiro atoms. The van der Waals surface area contributed by atoms with Gasteiger partial charge in [0.2, 0.25) is 0 Å². The molecule has 1 amide bonds. The quantitative estimate of drug-likeness (QED) is 0.759. The lowest BCUT2D eigenvalue weighted by Gasteiger charge is -2.32. The second-order valence-corrected chi connectivity index (χ2v) is 3.95. The Bertz CT molecular complexity index is 472. The molecule has 1 heterocycles. The van der Waals surface area contributed by atoms with Crippen LogP contribution in [0, 0.1) is 0 Å². The predicted octanol–water partition coefficient (Wildman–Crippen LogP) is 1.36. The monoisotopic (exact) mass is 249 g/mol. The highest BCUT2D eigenvalue weighted by Crippen LogP contribution is 2.32. The molecule has 0 bridgehead atoms. The van der Waals surface area contributed by atoms with Crippen LogP contribution < -0.4 is 9.64 Å². The highest BCUT2D eigenvalue weighted by Gasteiger charge is 2.33. The van der Waals surface area contributed by atoms with Crippen LogP contribution in [0.15, 0.2) is 24.3 Å². The number of amides is 1. The molecule has 5 nitrogen and oxygen atoms in total. The number of hydrogen-bond donors (Lipinski definition) is 0. The standard InChI is InChI=1S/C13H15NO4/c1-3-17-13(16)9(2)14-10-6-4-5-7-11(10)18-8-12(14)15/h4-7,9H,3,8H2,1-2H3/t9-/m0/s1. The number of para-hydroxylation sites is 2. The minimum atomic E-state index is -0.650. The van der Waals surface area contributed by atoms with E-state index in [2.05, 4.69) is 0 Å². The smallest absolute Gasteiger partial charge is 0.328 e. The molecule has 1 aromatic rings. The molecule has 1 atom stereocenters. The molecule has 96 valence electrons. The third-order valence-electron chi connectivity index (χ3n) is 2.76. The van der Waals surface area contributed by atoms with Crippen molar-refractivity contribution in [1.82, 2.24) is 0 Å². The van der Waals surface area contributed by atoms with Crippen molar-refractivity contribution in [2.24, 2.45) is 0 Å². The largest absolute Gasteiger partial charge is 0.482 e. The molecule has 0 unspecified atom stereocenters. The molecule has 1 aromatic carbocycles. The Morgan fingerprint density at radius 2 is 2.22 bits per heavy atom. The maximum Gasteiger partial charge on any atom is 0.328 e. The van der Waals surface area contributed by atoms with Crippen molar-refractivity contribution in [3.63, 3.8) is 0 Å². The van der Waals surface area contributed by atoms with Crippen LogP contribution in [0.2, 0.25) is 0 Å². The Morgan fingerprint density at radius 1 is 1.50 bits per heavy atom. The molecule has 0 N–H and O–H groups in total. The summed E-state index contributed by atoms with van der Waals surface area (Å²) in [7, 11) is 0. The van der Waals surface area contributed by atoms with Gasteiger partial charge in [0.1, 0.15) is 11.8 Å². The molecule has 0 saturated carbocycles. The molecular weight excluding hydrogens is 234 g/mol. The third-order valence-corrected chi connectivity index (χ3v) is 2.76. The van der Waals surface area contributed by atoms with Gasteiger partial charge in [-0.3, -0.25) is 9.69 Å². The Morgan fingerprint density at radius 3 is 2.94 bits per heavy atom. The van der Waals surface area contributed by atoms with Crippen LogP contribution in [-0.4, -0.2) is 31.1 Å². The van der Waals surface area contributed by atoms with Crippen LogP contribution in [0.3, 0.4) is 0 Å². The van der Waals surface area contributed by atoms with Crippen LogP contribution >= 0.6 is 0 Å². The lowest BCUT2D eigenvalue weighted by molar-refractivity contribution is -0.145. The van der Waals surface area contributed by atoms with Crippen molar-refractivity contribution >= 4 is 17.6 Å². The van der Waals surface area contributed by atoms with E-state index in [9.17, 15) is 9.59 Å². The maximum atomic E-state index is 11.9. The van der Waals surface area contributed by atoms with Crippen LogP contribution in [0.25, 0.3) is 0 Å². The first-order valence-corrected chi connectivity index (χ1v) is 5.85. The zero-order chi connectivity index (χ0) is 13.1. The van der Waals surface area contributed by atoms with Gasteiger partial charge >= 0.3 is 5.97 Å². The van der Waals surface area contributed by atoms with E-state index < -0.39 is 12.0 Å². The second kappa shape index (κ2) is 5.08. The van der Waals surface area contributed by atoms with E-state index in [0.717, 1.165) is 0 Å². The van der Waals surface area contributed by atoms with E-state index in [0.29, 0.717) is 18.0 Å². The number of rotatable bonds is 3. The van der Waals surface area contributed by atoms with Crippen LogP contribution in [0.1, 0.15) is 13.8 Å². The van der Waals surface area contributed by atoms with E-state index in [1.54, 1.807) is 32.0 Å². The van der Waals surface area contributed by atoms with E-state index in [1.807, 2.05) is 6.07 Å². The molecule has 1 aliphatic heterocycles. The number of nitrogens with zero attached hydrogens (tertiary/aromatic N) is 1. The number of esters is 1. The highest BCUT2D eigenvalue weighted by molar-refractivity contribution is 6.02. The minimum Gasteiger partial charge on any atom is -0.482 e. The van der Waals surface area contributed by atoms with E-state index in [4.69, 9.17) is 9.47 Å². The van der Waals surface area contributed by atoms with Gasteiger partial charge in [0.15, 0.2) is 6.61 Å². The van der Waals surface area contributed by atoms with E-state index in [-0.39, 0.29) is 12.5 Å². The number of anilines is 1. The van der Waals surface area contributed by atoms with Gasteiger partial charge < -0.3 is 9.47 Å². The SMILES string of the molecule is CCOC(=O)[C@H](C)N1C(=O)COc2ccccc21. The van der Waals surface area contributed by atoms with Gasteiger partial charge in [0.05, 0.1) is 12.3 Å². The third kappa shape index (κ3) is 2.16. The first-order valence-electron chi connectivity index (χ1n) is 5.85. The van der Waals surface area contributed by atoms with E-state index in [1.165, 1.54) is 4.90 Å². The Labute approximate surface area is 105 Å². The summed E-state index contributed by atoms with van der Waals surface area (Å²) in [5.74, 6) is -0.0509. The van der Waals surface area contributed by atoms with Gasteiger partial charge in [-0.05, 0) is 26.0 Å². The van der Waals surface area contributed by atoms with Gasteiger partial charge in [-0.1, -0.05) is 12.1 Å². The summed E-state index contributed by atoms with van der Waals surface area (Å²) in [6.45, 7) is 3.63. The Kier molecular flexibility index (Phi) is 3.50. The molecule has 0 aliphatic carbocycles. The Hall–Kier alpha value is -2.04. The number of fused-ring (bicyclic) bond motifs is 1. The summed E-state index contributed by atoms with van der Waals surface area (Å²) < 4.78 is 10.3. The van der Waals surface area contributed by atoms with Crippen LogP contribution in [0.5, 0.6) is 5.75 Å². The number of benzene rings is 1. The van der Waals surface area contributed by atoms with Crippen molar-refractivity contribution in [2.45, 2.75) is 19.9 Å². The van der Waals surface area contributed by atoms with Gasteiger partial charge in [0, 0.05) is 0 Å². The molecule has 1 aliphatic rings. The Balaban J connectivity index is 2.31. The van der Waals surface area contributed by atoms with Gasteiger partial charge in [-0.25, -0.2) is 4.79 Å². The number of carbonyl (C=O) groups is 2. The molecule has 5 heteroatoms. The fourth-order valence-electron chi connectivity index (χ4n) is 1.91. The van der Waals surface area contributed by atoms with Crippen LogP contribution in [-0.2, 0) is 14.3 Å². The second-order valence-electron chi connectivity index (χ2n) is 3.95. The van der Waals surface area contributed by atoms with Crippen molar-refractivity contribution in [2.75, 3.05) is 18.1 Å². The minimum absolute atomic E-state index is 0.0548. The average molecular weight is 249 g/mol. The molecule has 2 rings (SSSR count). The summed E-state index contributed by atoms with van der Waals surface area (Å²) >= 11 is 0. The summed E-state index contributed by atoms with van der Waals surface area (Å²) in [5.41, 5.74) is 0.606. The fourth-order valence-corrected chi connectivity index (χ4v) is 1.91. The highest BCUT2D eigenvalue weighted by atomic mass is 16.5. The lowest BCUT2D eigenvalue weighted by Crippen LogP contribution is -2.48. The van der Waals surface area contributed by atoms with Gasteiger partial charge in [-0.15, -0.1) is 0 Å². The lowest BCUT2D eigenvalue weighted by atomic mass is 10.2. The van der Waals surface area contributed by atoms with Gasteiger partial charge in [-0.2, -0.15) is 0 Å². The molecule has 0 radical (unpaired) electrons. The fraction of sp³-hybridized carbons (Fsp3) is 0.385. The zero-order valence-corrected chi connectivity index (χ0v) is 10.4. The summed E-state index contributed by atoms with van der Waals surface area (Å²) in [4.78, 5) is 25.1. The molecule has 0 fully saturated rings. The van der Waals surface area contributed by atoms with Crippen molar-refractivity contribution in [1.29, 1.82) is 0 Å². The summed E-state index contributed by atoms with van der Waals surface area (Å²) in [5, 5.41) is 0.